The molecule has 94 valence electrons. The standard InChI is InChI=1S/C9H10N6OS2/c10-8(11)13-9(12)18-4-6-14-15-7(16-6)5-2-1-3-17-5/h1-3H,4H2,(H5,10,11,12,13). The van der Waals surface area contributed by atoms with Crippen molar-refractivity contribution in [2.24, 2.45) is 16.5 Å². The number of aliphatic imine (C=N–C) groups is 1. The minimum Gasteiger partial charge on any atom is -0.419 e. The first-order valence-electron chi connectivity index (χ1n) is 4.82. The van der Waals surface area contributed by atoms with Crippen molar-refractivity contribution in [2.45, 2.75) is 5.75 Å². The van der Waals surface area contributed by atoms with E-state index in [9.17, 15) is 0 Å². The van der Waals surface area contributed by atoms with Crippen molar-refractivity contribution in [2.75, 3.05) is 0 Å². The first kappa shape index (κ1) is 12.6. The van der Waals surface area contributed by atoms with Crippen molar-refractivity contribution >= 4 is 34.2 Å². The van der Waals surface area contributed by atoms with Gasteiger partial charge in [0.05, 0.1) is 10.6 Å². The molecule has 5 N–H and O–H groups in total. The van der Waals surface area contributed by atoms with Crippen LogP contribution < -0.4 is 11.5 Å². The summed E-state index contributed by atoms with van der Waals surface area (Å²) in [5.41, 5.74) is 10.3. The number of thioether (sulfide) groups is 1. The maximum atomic E-state index is 7.44. The van der Waals surface area contributed by atoms with E-state index in [-0.39, 0.29) is 11.1 Å². The van der Waals surface area contributed by atoms with Crippen molar-refractivity contribution in [3.63, 3.8) is 0 Å². The predicted octanol–water partition coefficient (Wildman–Crippen LogP) is 1.24. The number of amidine groups is 1. The van der Waals surface area contributed by atoms with E-state index in [1.807, 2.05) is 17.5 Å². The van der Waals surface area contributed by atoms with E-state index >= 15 is 0 Å². The molecule has 0 unspecified atom stereocenters. The Hall–Kier alpha value is -1.87. The van der Waals surface area contributed by atoms with Crippen LogP contribution in [0.25, 0.3) is 10.8 Å². The third-order valence-electron chi connectivity index (χ3n) is 1.76. The number of thiophene rings is 1. The Kier molecular flexibility index (Phi) is 3.95. The summed E-state index contributed by atoms with van der Waals surface area (Å²) in [6.07, 6.45) is 0. The normalized spacial score (nSPS) is 10.2. The van der Waals surface area contributed by atoms with Gasteiger partial charge in [-0.25, -0.2) is 0 Å². The molecule has 2 aromatic rings. The fraction of sp³-hybridized carbons (Fsp3) is 0.111. The van der Waals surface area contributed by atoms with Crippen molar-refractivity contribution in [3.05, 3.63) is 23.4 Å². The highest BCUT2D eigenvalue weighted by Gasteiger charge is 2.10. The van der Waals surface area contributed by atoms with Crippen LogP contribution in [-0.2, 0) is 5.75 Å². The zero-order valence-corrected chi connectivity index (χ0v) is 10.8. The fourth-order valence-corrected chi connectivity index (χ4v) is 2.28. The van der Waals surface area contributed by atoms with E-state index in [0.717, 1.165) is 16.6 Å². The molecule has 7 nitrogen and oxygen atoms in total. The molecule has 0 bridgehead atoms. The summed E-state index contributed by atoms with van der Waals surface area (Å²) in [6.45, 7) is 0. The topological polar surface area (TPSA) is 127 Å². The first-order valence-corrected chi connectivity index (χ1v) is 6.69. The predicted molar refractivity (Wildman–Crippen MR) is 72.4 cm³/mol. The number of rotatable bonds is 3. The fourth-order valence-electron chi connectivity index (χ4n) is 1.09. The van der Waals surface area contributed by atoms with Crippen LogP contribution in [0.5, 0.6) is 0 Å². The van der Waals surface area contributed by atoms with E-state index in [1.54, 1.807) is 0 Å². The van der Waals surface area contributed by atoms with Crippen LogP contribution in [-0.4, -0.2) is 21.3 Å². The number of nitrogens with one attached hydrogen (secondary N) is 1. The molecule has 0 spiro atoms. The molecule has 0 radical (unpaired) electrons. The molecule has 2 heterocycles. The van der Waals surface area contributed by atoms with Crippen molar-refractivity contribution < 1.29 is 4.42 Å². The molecule has 0 atom stereocenters. The number of hydrogen-bond acceptors (Lipinski definition) is 6. The third kappa shape index (κ3) is 3.31. The highest BCUT2D eigenvalue weighted by molar-refractivity contribution is 8.13. The lowest BCUT2D eigenvalue weighted by molar-refractivity contribution is 0.530. The first-order chi connectivity index (χ1) is 8.65. The summed E-state index contributed by atoms with van der Waals surface area (Å²) in [7, 11) is 0. The average Bonchev–Trinajstić information content (AvgIpc) is 2.96. The van der Waals surface area contributed by atoms with Crippen molar-refractivity contribution in [1.82, 2.24) is 10.2 Å². The highest BCUT2D eigenvalue weighted by atomic mass is 32.2. The van der Waals surface area contributed by atoms with Crippen LogP contribution in [0.1, 0.15) is 5.89 Å². The zero-order valence-electron chi connectivity index (χ0n) is 9.16. The van der Waals surface area contributed by atoms with Gasteiger partial charge in [-0.2, -0.15) is 4.99 Å². The molecule has 0 saturated carbocycles. The van der Waals surface area contributed by atoms with Crippen LogP contribution in [0.3, 0.4) is 0 Å². The van der Waals surface area contributed by atoms with Gasteiger partial charge in [-0.05, 0) is 11.4 Å². The number of guanidine groups is 1. The van der Waals surface area contributed by atoms with Gasteiger partial charge in [0.15, 0.2) is 11.1 Å². The molecule has 0 aliphatic rings. The quantitative estimate of drug-likeness (QED) is 0.574. The second kappa shape index (κ2) is 5.65. The minimum absolute atomic E-state index is 0.00544. The average molecular weight is 282 g/mol. The zero-order chi connectivity index (χ0) is 13.0. The van der Waals surface area contributed by atoms with Crippen molar-refractivity contribution in [1.29, 1.82) is 5.41 Å². The van der Waals surface area contributed by atoms with Crippen LogP contribution in [0.2, 0.25) is 0 Å². The Morgan fingerprint density at radius 2 is 2.33 bits per heavy atom. The molecule has 0 aromatic carbocycles. The summed E-state index contributed by atoms with van der Waals surface area (Å²) >= 11 is 2.63. The summed E-state index contributed by atoms with van der Waals surface area (Å²) in [6, 6.07) is 3.81. The lowest BCUT2D eigenvalue weighted by atomic mass is 10.5. The Bertz CT molecular complexity index is 557. The van der Waals surface area contributed by atoms with Gasteiger partial charge in [0.1, 0.15) is 0 Å². The molecule has 0 aliphatic carbocycles. The summed E-state index contributed by atoms with van der Waals surface area (Å²) in [5.74, 6) is 1.12. The van der Waals surface area contributed by atoms with Gasteiger partial charge in [-0.1, -0.05) is 17.8 Å². The maximum Gasteiger partial charge on any atom is 0.257 e. The lowest BCUT2D eigenvalue weighted by Crippen LogP contribution is -2.23. The van der Waals surface area contributed by atoms with E-state index in [1.165, 1.54) is 11.3 Å². The van der Waals surface area contributed by atoms with E-state index in [4.69, 9.17) is 21.3 Å². The second-order valence-electron chi connectivity index (χ2n) is 3.11. The smallest absolute Gasteiger partial charge is 0.257 e. The van der Waals surface area contributed by atoms with E-state index in [0.29, 0.717) is 17.5 Å². The maximum absolute atomic E-state index is 7.44. The lowest BCUT2D eigenvalue weighted by Gasteiger charge is -1.95. The van der Waals surface area contributed by atoms with E-state index in [2.05, 4.69) is 15.2 Å². The molecule has 0 aliphatic heterocycles. The molecular formula is C9H10N6OS2. The molecular weight excluding hydrogens is 272 g/mol. The van der Waals surface area contributed by atoms with Crippen molar-refractivity contribution in [3.8, 4) is 10.8 Å². The van der Waals surface area contributed by atoms with Crippen LogP contribution in [0.15, 0.2) is 26.9 Å². The summed E-state index contributed by atoms with van der Waals surface area (Å²) in [5, 5.41) is 17.2. The van der Waals surface area contributed by atoms with Gasteiger partial charge in [0.2, 0.25) is 5.89 Å². The Balaban J connectivity index is 1.96. The molecule has 18 heavy (non-hydrogen) atoms. The van der Waals surface area contributed by atoms with Gasteiger partial charge in [-0.3, -0.25) is 5.41 Å². The van der Waals surface area contributed by atoms with Crippen LogP contribution in [0, 0.1) is 5.41 Å². The summed E-state index contributed by atoms with van der Waals surface area (Å²) in [4.78, 5) is 4.49. The van der Waals surface area contributed by atoms with Crippen LogP contribution in [0.4, 0.5) is 0 Å². The minimum atomic E-state index is -0.141. The second-order valence-corrected chi connectivity index (χ2v) is 5.02. The monoisotopic (exact) mass is 282 g/mol. The number of nitrogens with two attached hydrogens (primary N) is 2. The number of nitrogens with zero attached hydrogens (tertiary/aromatic N) is 3. The van der Waals surface area contributed by atoms with Gasteiger partial charge in [0.25, 0.3) is 5.89 Å². The third-order valence-corrected chi connectivity index (χ3v) is 3.38. The van der Waals surface area contributed by atoms with Gasteiger partial charge < -0.3 is 15.9 Å². The highest BCUT2D eigenvalue weighted by Crippen LogP contribution is 2.24. The Morgan fingerprint density at radius 3 is 3.00 bits per heavy atom. The van der Waals surface area contributed by atoms with Gasteiger partial charge in [0, 0.05) is 0 Å². The van der Waals surface area contributed by atoms with Crippen LogP contribution >= 0.6 is 23.1 Å². The molecule has 0 fully saturated rings. The molecule has 2 aromatic heterocycles. The summed E-state index contributed by atoms with van der Waals surface area (Å²) < 4.78 is 5.44. The van der Waals surface area contributed by atoms with E-state index < -0.39 is 0 Å². The number of hydrogen-bond donors (Lipinski definition) is 3. The Morgan fingerprint density at radius 1 is 1.50 bits per heavy atom. The molecule has 0 amide bonds. The molecule has 0 saturated heterocycles. The Labute approximate surface area is 111 Å². The van der Waals surface area contributed by atoms with Gasteiger partial charge >= 0.3 is 0 Å². The largest absolute Gasteiger partial charge is 0.419 e. The molecule has 2 rings (SSSR count). The number of aromatic nitrogens is 2. The molecule has 9 heteroatoms. The van der Waals surface area contributed by atoms with Gasteiger partial charge in [-0.15, -0.1) is 21.5 Å². The SMILES string of the molecule is N=C(N=C(N)N)SCc1nnc(-c2cccs2)o1.